The zero-order chi connectivity index (χ0) is 12.7. The number of carbonyl (C=O) groups excluding carboxylic acids is 1. The van der Waals surface area contributed by atoms with Crippen LogP contribution < -0.4 is 5.32 Å². The Kier molecular flexibility index (Phi) is 5.18. The van der Waals surface area contributed by atoms with Crippen molar-refractivity contribution in [3.05, 3.63) is 35.4 Å². The molecule has 0 aliphatic rings. The van der Waals surface area contributed by atoms with E-state index in [9.17, 15) is 4.79 Å². The van der Waals surface area contributed by atoms with Crippen LogP contribution in [0.5, 0.6) is 0 Å². The molecule has 0 heterocycles. The number of nitrogens with one attached hydrogen (secondary N) is 1. The van der Waals surface area contributed by atoms with E-state index in [1.165, 1.54) is 0 Å². The molecule has 0 radical (unpaired) electrons. The maximum absolute atomic E-state index is 11.5. The molecule has 4 nitrogen and oxygen atoms in total. The van der Waals surface area contributed by atoms with Gasteiger partial charge in [-0.15, -0.1) is 0 Å². The molecule has 0 saturated carbocycles. The number of benzene rings is 1. The Balaban J connectivity index is 2.45. The quantitative estimate of drug-likeness (QED) is 0.838. The van der Waals surface area contributed by atoms with Crippen molar-refractivity contribution < 1.29 is 9.53 Å². The first kappa shape index (κ1) is 13.2. The number of amides is 1. The summed E-state index contributed by atoms with van der Waals surface area (Å²) in [5.74, 6) is -0.0540. The highest BCUT2D eigenvalue weighted by Gasteiger charge is 2.07. The van der Waals surface area contributed by atoms with Gasteiger partial charge < -0.3 is 10.1 Å². The predicted molar refractivity (Wildman–Crippen MR) is 64.1 cm³/mol. The first-order chi connectivity index (χ1) is 8.15. The summed E-state index contributed by atoms with van der Waals surface area (Å²) in [4.78, 5) is 11.5. The van der Waals surface area contributed by atoms with Crippen LogP contribution in [0.25, 0.3) is 0 Å². The van der Waals surface area contributed by atoms with E-state index in [1.54, 1.807) is 25.3 Å². The average molecular weight is 232 g/mol. The molecule has 0 spiro atoms. The van der Waals surface area contributed by atoms with Crippen molar-refractivity contribution in [2.24, 2.45) is 0 Å². The highest BCUT2D eigenvalue weighted by molar-refractivity contribution is 5.76. The molecule has 0 aromatic heterocycles. The lowest BCUT2D eigenvalue weighted by molar-refractivity contribution is -0.123. The summed E-state index contributed by atoms with van der Waals surface area (Å²) < 4.78 is 5.01. The predicted octanol–water partition coefficient (Wildman–Crippen LogP) is 1.60. The van der Waals surface area contributed by atoms with Crippen LogP contribution in [0.4, 0.5) is 0 Å². The Bertz CT molecular complexity index is 424. The number of ether oxygens (including phenoxy) is 1. The molecule has 0 aliphatic carbocycles. The van der Waals surface area contributed by atoms with Crippen LogP contribution in [0.2, 0.25) is 0 Å². The number of nitrogens with zero attached hydrogens (tertiary/aromatic N) is 1. The first-order valence-electron chi connectivity index (χ1n) is 5.44. The fourth-order valence-electron chi connectivity index (χ4n) is 1.37. The van der Waals surface area contributed by atoms with Crippen molar-refractivity contribution in [3.8, 4) is 6.07 Å². The van der Waals surface area contributed by atoms with E-state index < -0.39 is 0 Å². The SMILES string of the molecule is COC(C)CC(=O)NCc1cccc(C#N)c1. The van der Waals surface area contributed by atoms with Crippen molar-refractivity contribution >= 4 is 5.91 Å². The van der Waals surface area contributed by atoms with Crippen LogP contribution in [-0.2, 0) is 16.1 Å². The molecule has 1 aromatic carbocycles. The molecular formula is C13H16N2O2. The highest BCUT2D eigenvalue weighted by atomic mass is 16.5. The third kappa shape index (κ3) is 4.66. The number of hydrogen-bond donors (Lipinski definition) is 1. The fraction of sp³-hybridized carbons (Fsp3) is 0.385. The first-order valence-corrected chi connectivity index (χ1v) is 5.44. The molecular weight excluding hydrogens is 216 g/mol. The van der Waals surface area contributed by atoms with E-state index in [4.69, 9.17) is 10.00 Å². The number of rotatable bonds is 5. The molecule has 0 fully saturated rings. The Morgan fingerprint density at radius 1 is 1.59 bits per heavy atom. The molecule has 0 saturated heterocycles. The van der Waals surface area contributed by atoms with Gasteiger partial charge in [-0.1, -0.05) is 12.1 Å². The zero-order valence-electron chi connectivity index (χ0n) is 10.1. The molecule has 0 aliphatic heterocycles. The minimum absolute atomic E-state index is 0.0540. The second-order valence-corrected chi connectivity index (χ2v) is 3.84. The van der Waals surface area contributed by atoms with Gasteiger partial charge in [0.2, 0.25) is 5.91 Å². The maximum Gasteiger partial charge on any atom is 0.222 e. The molecule has 0 bridgehead atoms. The van der Waals surface area contributed by atoms with Gasteiger partial charge >= 0.3 is 0 Å². The molecule has 17 heavy (non-hydrogen) atoms. The molecule has 1 unspecified atom stereocenters. The highest BCUT2D eigenvalue weighted by Crippen LogP contribution is 2.04. The number of hydrogen-bond acceptors (Lipinski definition) is 3. The van der Waals surface area contributed by atoms with E-state index >= 15 is 0 Å². The van der Waals surface area contributed by atoms with Gasteiger partial charge in [-0.05, 0) is 24.6 Å². The molecule has 1 aromatic rings. The smallest absolute Gasteiger partial charge is 0.222 e. The lowest BCUT2D eigenvalue weighted by Gasteiger charge is -2.09. The summed E-state index contributed by atoms with van der Waals surface area (Å²) in [6.07, 6.45) is 0.259. The van der Waals surface area contributed by atoms with E-state index in [-0.39, 0.29) is 12.0 Å². The number of nitriles is 1. The van der Waals surface area contributed by atoms with E-state index in [0.717, 1.165) is 5.56 Å². The van der Waals surface area contributed by atoms with Crippen LogP contribution in [-0.4, -0.2) is 19.1 Å². The van der Waals surface area contributed by atoms with Crippen LogP contribution in [0.1, 0.15) is 24.5 Å². The summed E-state index contributed by atoms with van der Waals surface area (Å²) in [5.41, 5.74) is 1.52. The van der Waals surface area contributed by atoms with Crippen LogP contribution in [0.3, 0.4) is 0 Å². The third-order valence-corrected chi connectivity index (χ3v) is 2.42. The second kappa shape index (κ2) is 6.66. The number of carbonyl (C=O) groups is 1. The van der Waals surface area contributed by atoms with Gasteiger partial charge in [0.05, 0.1) is 24.2 Å². The van der Waals surface area contributed by atoms with Crippen LogP contribution >= 0.6 is 0 Å². The normalized spacial score (nSPS) is 11.6. The molecule has 90 valence electrons. The van der Waals surface area contributed by atoms with Crippen molar-refractivity contribution in [1.82, 2.24) is 5.32 Å². The summed E-state index contributed by atoms with van der Waals surface area (Å²) in [5, 5.41) is 11.5. The van der Waals surface area contributed by atoms with Gasteiger partial charge in [0, 0.05) is 13.7 Å². The topological polar surface area (TPSA) is 62.1 Å². The Labute approximate surface area is 101 Å². The Hall–Kier alpha value is -1.86. The summed E-state index contributed by atoms with van der Waals surface area (Å²) >= 11 is 0. The van der Waals surface area contributed by atoms with Gasteiger partial charge in [0.15, 0.2) is 0 Å². The molecule has 1 atom stereocenters. The Morgan fingerprint density at radius 2 is 2.35 bits per heavy atom. The van der Waals surface area contributed by atoms with Gasteiger partial charge in [-0.2, -0.15) is 5.26 Å². The minimum Gasteiger partial charge on any atom is -0.381 e. The standard InChI is InChI=1S/C13H16N2O2/c1-10(17-2)6-13(16)15-9-12-5-3-4-11(7-12)8-14/h3-5,7,10H,6,9H2,1-2H3,(H,15,16). The van der Waals surface area contributed by atoms with Gasteiger partial charge in [0.25, 0.3) is 0 Å². The average Bonchev–Trinajstić information content (AvgIpc) is 2.36. The Morgan fingerprint density at radius 3 is 3.00 bits per heavy atom. The lowest BCUT2D eigenvalue weighted by Crippen LogP contribution is -2.26. The fourth-order valence-corrected chi connectivity index (χ4v) is 1.37. The van der Waals surface area contributed by atoms with E-state index in [0.29, 0.717) is 18.5 Å². The van der Waals surface area contributed by atoms with Crippen molar-refractivity contribution in [2.75, 3.05) is 7.11 Å². The van der Waals surface area contributed by atoms with Gasteiger partial charge in [-0.3, -0.25) is 4.79 Å². The molecule has 1 N–H and O–H groups in total. The largest absolute Gasteiger partial charge is 0.381 e. The van der Waals surface area contributed by atoms with Crippen molar-refractivity contribution in [1.29, 1.82) is 5.26 Å². The molecule has 1 rings (SSSR count). The lowest BCUT2D eigenvalue weighted by atomic mass is 10.1. The van der Waals surface area contributed by atoms with Crippen LogP contribution in [0, 0.1) is 11.3 Å². The second-order valence-electron chi connectivity index (χ2n) is 3.84. The zero-order valence-corrected chi connectivity index (χ0v) is 10.1. The van der Waals surface area contributed by atoms with E-state index in [1.807, 2.05) is 13.0 Å². The molecule has 4 heteroatoms. The summed E-state index contributed by atoms with van der Waals surface area (Å²) in [7, 11) is 1.58. The summed E-state index contributed by atoms with van der Waals surface area (Å²) in [6, 6.07) is 9.24. The monoisotopic (exact) mass is 232 g/mol. The van der Waals surface area contributed by atoms with E-state index in [2.05, 4.69) is 11.4 Å². The van der Waals surface area contributed by atoms with Crippen LogP contribution in [0.15, 0.2) is 24.3 Å². The molecule has 1 amide bonds. The van der Waals surface area contributed by atoms with Gasteiger partial charge in [-0.25, -0.2) is 0 Å². The van der Waals surface area contributed by atoms with Gasteiger partial charge in [0.1, 0.15) is 0 Å². The third-order valence-electron chi connectivity index (χ3n) is 2.42. The van der Waals surface area contributed by atoms with Crippen molar-refractivity contribution in [3.63, 3.8) is 0 Å². The maximum atomic E-state index is 11.5. The number of methoxy groups -OCH3 is 1. The van der Waals surface area contributed by atoms with Crippen molar-refractivity contribution in [2.45, 2.75) is 26.0 Å². The summed E-state index contributed by atoms with van der Waals surface area (Å²) in [6.45, 7) is 2.28. The minimum atomic E-state index is -0.0829.